The van der Waals surface area contributed by atoms with Gasteiger partial charge in [0.2, 0.25) is 0 Å². The molecule has 0 bridgehead atoms. The Morgan fingerprint density at radius 1 is 1.39 bits per heavy atom. The van der Waals surface area contributed by atoms with E-state index < -0.39 is 0 Å². The van der Waals surface area contributed by atoms with Crippen molar-refractivity contribution in [2.24, 2.45) is 0 Å². The van der Waals surface area contributed by atoms with Gasteiger partial charge in [0.25, 0.3) is 0 Å². The molecule has 18 heavy (non-hydrogen) atoms. The molecule has 1 nitrogen and oxygen atoms in total. The minimum atomic E-state index is 0.0159. The molecule has 1 aliphatic rings. The lowest BCUT2D eigenvalue weighted by molar-refractivity contribution is -0.0202. The maximum atomic E-state index is 6.24. The molecule has 1 saturated heterocycles. The van der Waals surface area contributed by atoms with Crippen molar-refractivity contribution in [2.45, 2.75) is 50.7 Å². The third-order valence-corrected chi connectivity index (χ3v) is 4.35. The van der Waals surface area contributed by atoms with Gasteiger partial charge in [-0.15, -0.1) is 11.6 Å². The zero-order chi connectivity index (χ0) is 13.2. The van der Waals surface area contributed by atoms with Crippen molar-refractivity contribution in [3.63, 3.8) is 0 Å². The summed E-state index contributed by atoms with van der Waals surface area (Å²) >= 11 is 12.3. The first-order valence-electron chi connectivity index (χ1n) is 6.50. The maximum Gasteiger partial charge on any atom is 0.0631 e. The molecule has 0 aliphatic carbocycles. The van der Waals surface area contributed by atoms with E-state index in [0.29, 0.717) is 12.0 Å². The van der Waals surface area contributed by atoms with Crippen molar-refractivity contribution in [1.29, 1.82) is 0 Å². The molecule has 1 heterocycles. The third-order valence-electron chi connectivity index (χ3n) is 3.63. The summed E-state index contributed by atoms with van der Waals surface area (Å²) in [6.07, 6.45) is 3.50. The van der Waals surface area contributed by atoms with Crippen LogP contribution in [0.5, 0.6) is 0 Å². The summed E-state index contributed by atoms with van der Waals surface area (Å²) < 4.78 is 6.04. The van der Waals surface area contributed by atoms with Gasteiger partial charge in [-0.3, -0.25) is 0 Å². The van der Waals surface area contributed by atoms with Crippen LogP contribution in [0.4, 0.5) is 0 Å². The molecule has 0 N–H and O–H groups in total. The predicted octanol–water partition coefficient (Wildman–Crippen LogP) is 5.01. The smallest absolute Gasteiger partial charge is 0.0631 e. The van der Waals surface area contributed by atoms with Gasteiger partial charge in [-0.05, 0) is 44.7 Å². The molecule has 100 valence electrons. The zero-order valence-corrected chi connectivity index (χ0v) is 12.5. The highest BCUT2D eigenvalue weighted by atomic mass is 35.5. The van der Waals surface area contributed by atoms with Crippen LogP contribution in [0.3, 0.4) is 0 Å². The van der Waals surface area contributed by atoms with Gasteiger partial charge in [-0.25, -0.2) is 0 Å². The zero-order valence-electron chi connectivity index (χ0n) is 11.0. The standard InChI is InChI=1S/C15H20Cl2O/c1-15(2)8-7-12(18-15)9-11(10-16)13-5-3-4-6-14(13)17/h3-6,11-12H,7-10H2,1-2H3. The largest absolute Gasteiger partial charge is 0.372 e. The fourth-order valence-corrected chi connectivity index (χ4v) is 3.22. The average Bonchev–Trinajstić information content (AvgIpc) is 2.67. The van der Waals surface area contributed by atoms with E-state index in [2.05, 4.69) is 19.9 Å². The lowest BCUT2D eigenvalue weighted by Gasteiger charge is -2.23. The number of benzene rings is 1. The summed E-state index contributed by atoms with van der Waals surface area (Å²) in [7, 11) is 0. The van der Waals surface area contributed by atoms with Crippen LogP contribution in [0.15, 0.2) is 24.3 Å². The van der Waals surface area contributed by atoms with Crippen molar-refractivity contribution in [1.82, 2.24) is 0 Å². The molecule has 0 aromatic heterocycles. The molecule has 1 aliphatic heterocycles. The molecule has 1 aromatic carbocycles. The molecule has 0 radical (unpaired) electrons. The lowest BCUT2D eigenvalue weighted by Crippen LogP contribution is -2.21. The molecule has 2 atom stereocenters. The van der Waals surface area contributed by atoms with E-state index >= 15 is 0 Å². The maximum absolute atomic E-state index is 6.24. The molecule has 3 heteroatoms. The summed E-state index contributed by atoms with van der Waals surface area (Å²) in [5.74, 6) is 0.864. The quantitative estimate of drug-likeness (QED) is 0.707. The minimum absolute atomic E-state index is 0.0159. The Labute approximate surface area is 119 Å². The molecule has 0 amide bonds. The number of hydrogen-bond acceptors (Lipinski definition) is 1. The Bertz CT molecular complexity index is 403. The van der Waals surface area contributed by atoms with Crippen LogP contribution in [0.2, 0.25) is 5.02 Å². The van der Waals surface area contributed by atoms with Crippen LogP contribution in [0.1, 0.15) is 44.6 Å². The molecule has 0 spiro atoms. The summed E-state index contributed by atoms with van der Waals surface area (Å²) in [4.78, 5) is 0. The van der Waals surface area contributed by atoms with Crippen molar-refractivity contribution in [2.75, 3.05) is 5.88 Å². The Morgan fingerprint density at radius 3 is 2.67 bits per heavy atom. The van der Waals surface area contributed by atoms with Gasteiger partial charge in [0, 0.05) is 16.8 Å². The lowest BCUT2D eigenvalue weighted by atomic mass is 9.93. The van der Waals surface area contributed by atoms with Gasteiger partial charge in [-0.1, -0.05) is 29.8 Å². The Balaban J connectivity index is 2.05. The number of alkyl halides is 1. The van der Waals surface area contributed by atoms with Gasteiger partial charge in [0.15, 0.2) is 0 Å². The average molecular weight is 287 g/mol. The molecular weight excluding hydrogens is 267 g/mol. The monoisotopic (exact) mass is 286 g/mol. The molecule has 0 saturated carbocycles. The van der Waals surface area contributed by atoms with Gasteiger partial charge in [-0.2, -0.15) is 0 Å². The van der Waals surface area contributed by atoms with Crippen LogP contribution in [0, 0.1) is 0 Å². The van der Waals surface area contributed by atoms with E-state index in [9.17, 15) is 0 Å². The summed E-state index contributed by atoms with van der Waals surface area (Å²) in [5.41, 5.74) is 1.16. The molecule has 1 fully saturated rings. The fourth-order valence-electron chi connectivity index (χ4n) is 2.64. The highest BCUT2D eigenvalue weighted by Gasteiger charge is 2.33. The second-order valence-corrected chi connectivity index (χ2v) is 6.36. The van der Waals surface area contributed by atoms with Crippen molar-refractivity contribution >= 4 is 23.2 Å². The molecule has 2 rings (SSSR count). The summed E-state index contributed by atoms with van der Waals surface area (Å²) in [6, 6.07) is 7.96. The Kier molecular flexibility index (Phi) is 4.58. The van der Waals surface area contributed by atoms with Crippen LogP contribution >= 0.6 is 23.2 Å². The normalized spacial score (nSPS) is 24.1. The number of halogens is 2. The van der Waals surface area contributed by atoms with Gasteiger partial charge in [0.1, 0.15) is 0 Å². The van der Waals surface area contributed by atoms with E-state index in [1.54, 1.807) is 0 Å². The minimum Gasteiger partial charge on any atom is -0.372 e. The number of hydrogen-bond donors (Lipinski definition) is 0. The highest BCUT2D eigenvalue weighted by Crippen LogP contribution is 2.36. The van der Waals surface area contributed by atoms with Crippen LogP contribution in [0.25, 0.3) is 0 Å². The Hall–Kier alpha value is -0.240. The van der Waals surface area contributed by atoms with Crippen molar-refractivity contribution < 1.29 is 4.74 Å². The van der Waals surface area contributed by atoms with E-state index in [-0.39, 0.29) is 11.5 Å². The first kappa shape index (κ1) is 14.2. The first-order chi connectivity index (χ1) is 8.52. The second-order valence-electron chi connectivity index (χ2n) is 5.65. The fraction of sp³-hybridized carbons (Fsp3) is 0.600. The molecule has 2 unspecified atom stereocenters. The second kappa shape index (κ2) is 5.81. The van der Waals surface area contributed by atoms with Crippen LogP contribution < -0.4 is 0 Å². The SMILES string of the molecule is CC1(C)CCC(CC(CCl)c2ccccc2Cl)O1. The van der Waals surface area contributed by atoms with E-state index in [1.165, 1.54) is 0 Å². The third kappa shape index (κ3) is 3.40. The van der Waals surface area contributed by atoms with Gasteiger partial charge >= 0.3 is 0 Å². The van der Waals surface area contributed by atoms with Crippen molar-refractivity contribution in [3.05, 3.63) is 34.9 Å². The highest BCUT2D eigenvalue weighted by molar-refractivity contribution is 6.31. The van der Waals surface area contributed by atoms with Crippen LogP contribution in [-0.4, -0.2) is 17.6 Å². The van der Waals surface area contributed by atoms with Gasteiger partial charge in [0.05, 0.1) is 11.7 Å². The Morgan fingerprint density at radius 2 is 2.11 bits per heavy atom. The van der Waals surface area contributed by atoms with E-state index in [4.69, 9.17) is 27.9 Å². The summed E-state index contributed by atoms with van der Waals surface area (Å²) in [5, 5.41) is 0.806. The predicted molar refractivity (Wildman–Crippen MR) is 77.7 cm³/mol. The topological polar surface area (TPSA) is 9.23 Å². The first-order valence-corrected chi connectivity index (χ1v) is 7.41. The van der Waals surface area contributed by atoms with Crippen molar-refractivity contribution in [3.8, 4) is 0 Å². The van der Waals surface area contributed by atoms with Crippen LogP contribution in [-0.2, 0) is 4.74 Å². The van der Waals surface area contributed by atoms with Gasteiger partial charge < -0.3 is 4.74 Å². The van der Waals surface area contributed by atoms with E-state index in [1.807, 2.05) is 18.2 Å². The molecular formula is C15H20Cl2O. The number of rotatable bonds is 4. The number of ether oxygens (including phenoxy) is 1. The molecule has 1 aromatic rings. The summed E-state index contributed by atoms with van der Waals surface area (Å²) in [6.45, 7) is 4.30. The van der Waals surface area contributed by atoms with E-state index in [0.717, 1.165) is 29.8 Å².